The number of methoxy groups -OCH3 is 1. The van der Waals surface area contributed by atoms with Gasteiger partial charge in [0.15, 0.2) is 5.82 Å². The second-order valence-corrected chi connectivity index (χ2v) is 5.77. The van der Waals surface area contributed by atoms with Crippen molar-refractivity contribution >= 4 is 16.0 Å². The first-order valence-corrected chi connectivity index (χ1v) is 7.25. The lowest BCUT2D eigenvalue weighted by molar-refractivity contribution is 0.0595. The van der Waals surface area contributed by atoms with Crippen molar-refractivity contribution in [1.82, 2.24) is 25.3 Å². The summed E-state index contributed by atoms with van der Waals surface area (Å²) in [5, 5.41) is 12.8. The van der Waals surface area contributed by atoms with E-state index in [-0.39, 0.29) is 34.3 Å². The van der Waals surface area contributed by atoms with Crippen LogP contribution >= 0.6 is 0 Å². The second kappa shape index (κ2) is 5.61. The normalized spacial score (nSPS) is 11.6. The summed E-state index contributed by atoms with van der Waals surface area (Å²) in [5.74, 6) is -0.367. The molecule has 0 aromatic carbocycles. The second-order valence-electron chi connectivity index (χ2n) is 4.06. The van der Waals surface area contributed by atoms with Gasteiger partial charge in [-0.05, 0) is 13.8 Å². The molecular formula is C10H13N5O5S. The lowest BCUT2D eigenvalue weighted by Gasteiger charge is -2.06. The molecule has 11 heteroatoms. The van der Waals surface area contributed by atoms with E-state index in [1.165, 1.54) is 13.8 Å². The van der Waals surface area contributed by atoms with Crippen LogP contribution in [0.4, 0.5) is 0 Å². The summed E-state index contributed by atoms with van der Waals surface area (Å²) in [6.07, 6.45) is 0. The Balaban J connectivity index is 2.37. The summed E-state index contributed by atoms with van der Waals surface area (Å²) >= 11 is 0. The highest BCUT2D eigenvalue weighted by Crippen LogP contribution is 2.27. The number of aryl methyl sites for hydroxylation is 2. The summed E-state index contributed by atoms with van der Waals surface area (Å²) < 4.78 is 36.8. The molecule has 0 saturated carbocycles. The van der Waals surface area contributed by atoms with Crippen molar-refractivity contribution in [1.29, 1.82) is 0 Å². The number of sulfonamides is 1. The van der Waals surface area contributed by atoms with Gasteiger partial charge >= 0.3 is 5.97 Å². The van der Waals surface area contributed by atoms with E-state index in [2.05, 4.69) is 30.1 Å². The number of esters is 1. The molecule has 0 bridgehead atoms. The van der Waals surface area contributed by atoms with Crippen LogP contribution in [0.15, 0.2) is 9.31 Å². The quantitative estimate of drug-likeness (QED) is 0.715. The van der Waals surface area contributed by atoms with Crippen molar-refractivity contribution in [3.05, 3.63) is 22.9 Å². The number of aromatic nitrogens is 4. The van der Waals surface area contributed by atoms with Gasteiger partial charge in [0.2, 0.25) is 10.0 Å². The van der Waals surface area contributed by atoms with E-state index in [0.717, 1.165) is 7.11 Å². The van der Waals surface area contributed by atoms with E-state index in [4.69, 9.17) is 4.42 Å². The number of nitrogens with zero attached hydrogens (tertiary/aromatic N) is 3. The molecule has 0 aliphatic heterocycles. The number of hydrogen-bond acceptors (Lipinski definition) is 8. The van der Waals surface area contributed by atoms with E-state index in [1.807, 2.05) is 0 Å². The minimum Gasteiger partial charge on any atom is -0.465 e. The van der Waals surface area contributed by atoms with Crippen molar-refractivity contribution in [2.45, 2.75) is 25.3 Å². The third-order valence-corrected chi connectivity index (χ3v) is 4.23. The molecular weight excluding hydrogens is 302 g/mol. The standard InChI is InChI=1S/C10H13N5O5S/c1-5-8(10(16)19-3)9(6(2)20-5)21(17,18)11-4-7-12-14-15-13-7/h11H,4H2,1-3H3,(H,12,13,14,15). The Kier molecular flexibility index (Phi) is 4.04. The van der Waals surface area contributed by atoms with E-state index in [1.54, 1.807) is 0 Å². The Morgan fingerprint density at radius 1 is 1.38 bits per heavy atom. The monoisotopic (exact) mass is 315 g/mol. The molecule has 0 spiro atoms. The first-order chi connectivity index (χ1) is 9.86. The highest BCUT2D eigenvalue weighted by Gasteiger charge is 2.31. The predicted octanol–water partition coefficient (Wildman–Crippen LogP) is -0.325. The Morgan fingerprint density at radius 2 is 2.10 bits per heavy atom. The Labute approximate surface area is 119 Å². The molecule has 0 aliphatic rings. The average Bonchev–Trinajstić information content (AvgIpc) is 3.03. The molecule has 2 heterocycles. The number of tetrazole rings is 1. The molecule has 2 N–H and O–H groups in total. The highest BCUT2D eigenvalue weighted by atomic mass is 32.2. The van der Waals surface area contributed by atoms with Gasteiger partial charge < -0.3 is 9.15 Å². The van der Waals surface area contributed by atoms with Gasteiger partial charge in [0.05, 0.1) is 13.7 Å². The SMILES string of the molecule is COC(=O)c1c(C)oc(C)c1S(=O)(=O)NCc1nn[nH]n1. The number of carbonyl (C=O) groups is 1. The molecule has 0 radical (unpaired) electrons. The smallest absolute Gasteiger partial charge is 0.342 e. The topological polar surface area (TPSA) is 140 Å². The van der Waals surface area contributed by atoms with Gasteiger partial charge in [-0.2, -0.15) is 5.21 Å². The number of carbonyl (C=O) groups excluding carboxylic acids is 1. The van der Waals surface area contributed by atoms with Gasteiger partial charge in [-0.25, -0.2) is 17.9 Å². The first kappa shape index (κ1) is 15.1. The average molecular weight is 315 g/mol. The molecule has 0 saturated heterocycles. The Hall–Kier alpha value is -2.27. The number of H-pyrrole nitrogens is 1. The molecule has 0 aliphatic carbocycles. The van der Waals surface area contributed by atoms with E-state index < -0.39 is 16.0 Å². The number of ether oxygens (including phenoxy) is 1. The van der Waals surface area contributed by atoms with Gasteiger partial charge in [-0.1, -0.05) is 5.21 Å². The van der Waals surface area contributed by atoms with Crippen LogP contribution in [0.3, 0.4) is 0 Å². The van der Waals surface area contributed by atoms with Crippen LogP contribution in [0, 0.1) is 13.8 Å². The Bertz CT molecular complexity index is 749. The summed E-state index contributed by atoms with van der Waals surface area (Å²) in [7, 11) is -2.84. The number of rotatable bonds is 5. The van der Waals surface area contributed by atoms with Crippen LogP contribution in [-0.4, -0.2) is 42.1 Å². The van der Waals surface area contributed by atoms with E-state index in [0.29, 0.717) is 0 Å². The van der Waals surface area contributed by atoms with Crippen LogP contribution in [0.25, 0.3) is 0 Å². The number of aromatic amines is 1. The highest BCUT2D eigenvalue weighted by molar-refractivity contribution is 7.89. The van der Waals surface area contributed by atoms with Crippen LogP contribution in [0.1, 0.15) is 27.7 Å². The van der Waals surface area contributed by atoms with Crippen LogP contribution in [0.5, 0.6) is 0 Å². The molecule has 0 unspecified atom stereocenters. The largest absolute Gasteiger partial charge is 0.465 e. The van der Waals surface area contributed by atoms with Gasteiger partial charge in [0.25, 0.3) is 0 Å². The van der Waals surface area contributed by atoms with Gasteiger partial charge in [0.1, 0.15) is 22.0 Å². The number of nitrogens with one attached hydrogen (secondary N) is 2. The zero-order valence-corrected chi connectivity index (χ0v) is 12.3. The van der Waals surface area contributed by atoms with Crippen LogP contribution < -0.4 is 4.72 Å². The summed E-state index contributed by atoms with van der Waals surface area (Å²) in [6.45, 7) is 2.75. The maximum Gasteiger partial charge on any atom is 0.342 e. The van der Waals surface area contributed by atoms with Crippen molar-refractivity contribution in [2.24, 2.45) is 0 Å². The summed E-state index contributed by atoms with van der Waals surface area (Å²) in [5.41, 5.74) is -0.129. The third-order valence-electron chi connectivity index (χ3n) is 2.67. The molecule has 2 rings (SSSR count). The minimum atomic E-state index is -4.00. The number of hydrogen-bond donors (Lipinski definition) is 2. The maximum absolute atomic E-state index is 12.3. The van der Waals surface area contributed by atoms with Crippen LogP contribution in [-0.2, 0) is 21.3 Å². The molecule has 0 atom stereocenters. The van der Waals surface area contributed by atoms with E-state index in [9.17, 15) is 13.2 Å². The van der Waals surface area contributed by atoms with Crippen molar-refractivity contribution in [2.75, 3.05) is 7.11 Å². The molecule has 114 valence electrons. The predicted molar refractivity (Wildman–Crippen MR) is 67.7 cm³/mol. The summed E-state index contributed by atoms with van der Waals surface area (Å²) in [6, 6.07) is 0. The van der Waals surface area contributed by atoms with Gasteiger partial charge in [-0.3, -0.25) is 0 Å². The van der Waals surface area contributed by atoms with E-state index >= 15 is 0 Å². The fraction of sp³-hybridized carbons (Fsp3) is 0.400. The lowest BCUT2D eigenvalue weighted by Crippen LogP contribution is -2.26. The molecule has 2 aromatic rings. The van der Waals surface area contributed by atoms with Crippen molar-refractivity contribution < 1.29 is 22.4 Å². The molecule has 10 nitrogen and oxygen atoms in total. The molecule has 21 heavy (non-hydrogen) atoms. The van der Waals surface area contributed by atoms with Gasteiger partial charge in [0, 0.05) is 0 Å². The third kappa shape index (κ3) is 2.92. The fourth-order valence-electron chi connectivity index (χ4n) is 1.81. The first-order valence-electron chi connectivity index (χ1n) is 5.77. The lowest BCUT2D eigenvalue weighted by atomic mass is 10.2. The molecule has 2 aromatic heterocycles. The van der Waals surface area contributed by atoms with Crippen molar-refractivity contribution in [3.63, 3.8) is 0 Å². The fourth-order valence-corrected chi connectivity index (χ4v) is 3.19. The molecule has 0 amide bonds. The van der Waals surface area contributed by atoms with Crippen LogP contribution in [0.2, 0.25) is 0 Å². The minimum absolute atomic E-state index is 0.0912. The zero-order valence-electron chi connectivity index (χ0n) is 11.5. The van der Waals surface area contributed by atoms with Crippen molar-refractivity contribution in [3.8, 4) is 0 Å². The summed E-state index contributed by atoms with van der Waals surface area (Å²) in [4.78, 5) is 11.5. The molecule has 0 fully saturated rings. The van der Waals surface area contributed by atoms with Gasteiger partial charge in [-0.15, -0.1) is 10.2 Å². The number of furan rings is 1. The zero-order chi connectivity index (χ0) is 15.6. The maximum atomic E-state index is 12.3. The Morgan fingerprint density at radius 3 is 2.67 bits per heavy atom.